The Kier molecular flexibility index (Phi) is 5.82. The molecule has 0 spiro atoms. The standard InChI is InChI=1S/C14H17Cl2N3O2/c15-11-6-5-10(14(16)18-11)17-12(20)9-13(21)19-7-3-1-2-4-8-19/h5-6H,1-4,7-9H2,(H,17,20). The van der Waals surface area contributed by atoms with E-state index >= 15 is 0 Å². The molecular weight excluding hydrogens is 313 g/mol. The number of carbonyl (C=O) groups is 2. The number of rotatable bonds is 3. The van der Waals surface area contributed by atoms with Gasteiger partial charge in [0.05, 0.1) is 5.69 Å². The summed E-state index contributed by atoms with van der Waals surface area (Å²) < 4.78 is 0. The maximum Gasteiger partial charge on any atom is 0.233 e. The van der Waals surface area contributed by atoms with Gasteiger partial charge in [0, 0.05) is 13.1 Å². The fourth-order valence-electron chi connectivity index (χ4n) is 2.27. The molecule has 1 fully saturated rings. The van der Waals surface area contributed by atoms with Crippen LogP contribution in [0.2, 0.25) is 10.3 Å². The highest BCUT2D eigenvalue weighted by Gasteiger charge is 2.19. The Balaban J connectivity index is 1.90. The lowest BCUT2D eigenvalue weighted by Crippen LogP contribution is -2.34. The zero-order valence-corrected chi connectivity index (χ0v) is 13.1. The van der Waals surface area contributed by atoms with Crippen molar-refractivity contribution in [1.29, 1.82) is 0 Å². The first-order valence-electron chi connectivity index (χ1n) is 6.96. The van der Waals surface area contributed by atoms with E-state index in [4.69, 9.17) is 23.2 Å². The Morgan fingerprint density at radius 3 is 2.43 bits per heavy atom. The number of amides is 2. The van der Waals surface area contributed by atoms with E-state index in [1.54, 1.807) is 11.0 Å². The number of pyridine rings is 1. The van der Waals surface area contributed by atoms with Crippen LogP contribution in [0.25, 0.3) is 0 Å². The van der Waals surface area contributed by atoms with Crippen molar-refractivity contribution in [3.8, 4) is 0 Å². The quantitative estimate of drug-likeness (QED) is 0.684. The second-order valence-corrected chi connectivity index (χ2v) is 5.74. The summed E-state index contributed by atoms with van der Waals surface area (Å²) in [4.78, 5) is 29.6. The number of carbonyl (C=O) groups excluding carboxylic acids is 2. The molecule has 0 aromatic carbocycles. The Labute approximate surface area is 133 Å². The number of aromatic nitrogens is 1. The van der Waals surface area contributed by atoms with Crippen LogP contribution in [0.4, 0.5) is 5.69 Å². The number of hydrogen-bond donors (Lipinski definition) is 1. The molecule has 7 heteroatoms. The number of nitrogens with zero attached hydrogens (tertiary/aromatic N) is 2. The molecule has 1 aliphatic rings. The summed E-state index contributed by atoms with van der Waals surface area (Å²) >= 11 is 11.6. The van der Waals surface area contributed by atoms with Crippen LogP contribution >= 0.6 is 23.2 Å². The van der Waals surface area contributed by atoms with Crippen molar-refractivity contribution in [1.82, 2.24) is 9.88 Å². The summed E-state index contributed by atoms with van der Waals surface area (Å²) in [7, 11) is 0. The molecule has 2 rings (SSSR count). The monoisotopic (exact) mass is 329 g/mol. The molecular formula is C14H17Cl2N3O2. The van der Waals surface area contributed by atoms with E-state index in [2.05, 4.69) is 10.3 Å². The van der Waals surface area contributed by atoms with E-state index in [9.17, 15) is 9.59 Å². The maximum absolute atomic E-state index is 12.1. The van der Waals surface area contributed by atoms with Crippen molar-refractivity contribution >= 4 is 40.7 Å². The van der Waals surface area contributed by atoms with Crippen LogP contribution in [0.15, 0.2) is 12.1 Å². The van der Waals surface area contributed by atoms with E-state index in [1.165, 1.54) is 6.07 Å². The first-order valence-corrected chi connectivity index (χ1v) is 7.71. The highest BCUT2D eigenvalue weighted by atomic mass is 35.5. The zero-order chi connectivity index (χ0) is 15.2. The van der Waals surface area contributed by atoms with E-state index < -0.39 is 5.91 Å². The van der Waals surface area contributed by atoms with Crippen molar-refractivity contribution in [2.24, 2.45) is 0 Å². The Bertz CT molecular complexity index is 529. The lowest BCUT2D eigenvalue weighted by atomic mass is 10.2. The summed E-state index contributed by atoms with van der Waals surface area (Å²) in [6, 6.07) is 3.09. The largest absolute Gasteiger partial charge is 0.342 e. The average Bonchev–Trinajstić information content (AvgIpc) is 2.71. The minimum atomic E-state index is -0.393. The summed E-state index contributed by atoms with van der Waals surface area (Å²) in [5.74, 6) is -0.539. The second kappa shape index (κ2) is 7.61. The van der Waals surface area contributed by atoms with Gasteiger partial charge in [-0.2, -0.15) is 0 Å². The van der Waals surface area contributed by atoms with E-state index in [0.29, 0.717) is 5.69 Å². The summed E-state index contributed by atoms with van der Waals surface area (Å²) in [6.45, 7) is 1.46. The van der Waals surface area contributed by atoms with E-state index in [-0.39, 0.29) is 22.6 Å². The molecule has 2 amide bonds. The molecule has 1 aliphatic heterocycles. The summed E-state index contributed by atoms with van der Waals surface area (Å²) in [5, 5.41) is 2.94. The highest BCUT2D eigenvalue weighted by molar-refractivity contribution is 6.34. The van der Waals surface area contributed by atoms with E-state index in [1.807, 2.05) is 0 Å². The van der Waals surface area contributed by atoms with Crippen LogP contribution in [0.5, 0.6) is 0 Å². The molecule has 1 aromatic heterocycles. The van der Waals surface area contributed by atoms with Gasteiger partial charge in [0.15, 0.2) is 5.15 Å². The number of halogens is 2. The van der Waals surface area contributed by atoms with Gasteiger partial charge in [-0.25, -0.2) is 4.98 Å². The molecule has 1 saturated heterocycles. The SMILES string of the molecule is O=C(CC(=O)N1CCCCCC1)Nc1ccc(Cl)nc1Cl. The highest BCUT2D eigenvalue weighted by Crippen LogP contribution is 2.21. The molecule has 1 N–H and O–H groups in total. The third kappa shape index (κ3) is 4.86. The molecule has 0 bridgehead atoms. The van der Waals surface area contributed by atoms with Gasteiger partial charge < -0.3 is 10.2 Å². The molecule has 0 atom stereocenters. The number of nitrogens with one attached hydrogen (secondary N) is 1. The van der Waals surface area contributed by atoms with E-state index in [0.717, 1.165) is 38.8 Å². The average molecular weight is 330 g/mol. The van der Waals surface area contributed by atoms with Gasteiger partial charge in [-0.3, -0.25) is 9.59 Å². The molecule has 0 saturated carbocycles. The topological polar surface area (TPSA) is 62.3 Å². The van der Waals surface area contributed by atoms with Gasteiger partial charge in [0.2, 0.25) is 11.8 Å². The fourth-order valence-corrected chi connectivity index (χ4v) is 2.66. The number of anilines is 1. The second-order valence-electron chi connectivity index (χ2n) is 4.99. The van der Waals surface area contributed by atoms with Crippen LogP contribution in [-0.4, -0.2) is 34.8 Å². The van der Waals surface area contributed by atoms with Gasteiger partial charge in [-0.05, 0) is 25.0 Å². The zero-order valence-electron chi connectivity index (χ0n) is 11.6. The van der Waals surface area contributed by atoms with Gasteiger partial charge in [0.25, 0.3) is 0 Å². The fraction of sp³-hybridized carbons (Fsp3) is 0.500. The van der Waals surface area contributed by atoms with Crippen molar-refractivity contribution in [2.45, 2.75) is 32.1 Å². The lowest BCUT2D eigenvalue weighted by molar-refractivity contribution is -0.134. The van der Waals surface area contributed by atoms with Crippen molar-refractivity contribution in [3.63, 3.8) is 0 Å². The molecule has 1 aromatic rings. The maximum atomic E-state index is 12.1. The summed E-state index contributed by atoms with van der Waals surface area (Å²) in [5.41, 5.74) is 0.356. The predicted molar refractivity (Wildman–Crippen MR) is 82.6 cm³/mol. The molecule has 21 heavy (non-hydrogen) atoms. The van der Waals surface area contributed by atoms with Gasteiger partial charge in [-0.1, -0.05) is 36.0 Å². The Morgan fingerprint density at radius 2 is 1.81 bits per heavy atom. The predicted octanol–water partition coefficient (Wildman–Crippen LogP) is 3.12. The first kappa shape index (κ1) is 16.0. The molecule has 2 heterocycles. The van der Waals surface area contributed by atoms with Crippen LogP contribution < -0.4 is 5.32 Å². The Morgan fingerprint density at radius 1 is 1.14 bits per heavy atom. The van der Waals surface area contributed by atoms with Gasteiger partial charge in [-0.15, -0.1) is 0 Å². The molecule has 0 unspecified atom stereocenters. The molecule has 5 nitrogen and oxygen atoms in total. The van der Waals surface area contributed by atoms with Crippen LogP contribution in [0, 0.1) is 0 Å². The normalized spacial score (nSPS) is 15.4. The first-order chi connectivity index (χ1) is 10.1. The van der Waals surface area contributed by atoms with Crippen LogP contribution in [0.1, 0.15) is 32.1 Å². The Hall–Kier alpha value is -1.33. The lowest BCUT2D eigenvalue weighted by Gasteiger charge is -2.20. The van der Waals surface area contributed by atoms with Crippen LogP contribution in [0.3, 0.4) is 0 Å². The third-order valence-corrected chi connectivity index (χ3v) is 3.86. The van der Waals surface area contributed by atoms with Crippen molar-refractivity contribution < 1.29 is 9.59 Å². The van der Waals surface area contributed by atoms with Crippen LogP contribution in [-0.2, 0) is 9.59 Å². The molecule has 0 aliphatic carbocycles. The molecule has 114 valence electrons. The smallest absolute Gasteiger partial charge is 0.233 e. The van der Waals surface area contributed by atoms with Crippen molar-refractivity contribution in [3.05, 3.63) is 22.4 Å². The van der Waals surface area contributed by atoms with Crippen molar-refractivity contribution in [2.75, 3.05) is 18.4 Å². The number of likely N-dealkylation sites (tertiary alicyclic amines) is 1. The van der Waals surface area contributed by atoms with Gasteiger partial charge in [0.1, 0.15) is 11.6 Å². The third-order valence-electron chi connectivity index (χ3n) is 3.36. The number of hydrogen-bond acceptors (Lipinski definition) is 3. The summed E-state index contributed by atoms with van der Waals surface area (Å²) in [6.07, 6.45) is 4.10. The minimum absolute atomic E-state index is 0.109. The molecule has 0 radical (unpaired) electrons. The minimum Gasteiger partial charge on any atom is -0.342 e. The van der Waals surface area contributed by atoms with Gasteiger partial charge >= 0.3 is 0 Å².